The van der Waals surface area contributed by atoms with E-state index in [2.05, 4.69) is 12.6 Å². The third-order valence-electron chi connectivity index (χ3n) is 2.53. The lowest BCUT2D eigenvalue weighted by Gasteiger charge is -2.13. The van der Waals surface area contributed by atoms with Crippen molar-refractivity contribution in [3.8, 4) is 5.75 Å². The molecular formula is C13H20ClNO. The molecule has 2 N–H and O–H groups in total. The van der Waals surface area contributed by atoms with Crippen LogP contribution < -0.4 is 10.5 Å². The van der Waals surface area contributed by atoms with Gasteiger partial charge in [0.1, 0.15) is 5.75 Å². The second-order valence-corrected chi connectivity index (χ2v) is 3.70. The summed E-state index contributed by atoms with van der Waals surface area (Å²) in [6.45, 7) is 5.73. The Kier molecular flexibility index (Phi) is 6.86. The molecule has 0 heterocycles. The van der Waals surface area contributed by atoms with Gasteiger partial charge in [0.15, 0.2) is 0 Å². The van der Waals surface area contributed by atoms with Crippen LogP contribution in [-0.2, 0) is 0 Å². The molecule has 2 nitrogen and oxygen atoms in total. The molecule has 1 aromatic rings. The zero-order valence-electron chi connectivity index (χ0n) is 9.90. The summed E-state index contributed by atoms with van der Waals surface area (Å²) in [6, 6.07) is 6.18. The molecule has 0 aromatic heterocycles. The lowest BCUT2D eigenvalue weighted by atomic mass is 10.0. The Bertz CT molecular complexity index is 339. The van der Waals surface area contributed by atoms with Gasteiger partial charge in [0, 0.05) is 6.04 Å². The first-order valence-corrected chi connectivity index (χ1v) is 5.20. The van der Waals surface area contributed by atoms with Gasteiger partial charge in [-0.2, -0.15) is 0 Å². The van der Waals surface area contributed by atoms with Crippen LogP contribution >= 0.6 is 12.4 Å². The molecule has 0 fully saturated rings. The van der Waals surface area contributed by atoms with Gasteiger partial charge in [-0.25, -0.2) is 0 Å². The molecular weight excluding hydrogens is 222 g/mol. The van der Waals surface area contributed by atoms with Gasteiger partial charge >= 0.3 is 0 Å². The first-order valence-electron chi connectivity index (χ1n) is 5.20. The van der Waals surface area contributed by atoms with Crippen molar-refractivity contribution >= 4 is 12.4 Å². The summed E-state index contributed by atoms with van der Waals surface area (Å²) >= 11 is 0. The smallest absolute Gasteiger partial charge is 0.121 e. The Balaban J connectivity index is 0.00000225. The predicted molar refractivity (Wildman–Crippen MR) is 71.3 cm³/mol. The predicted octanol–water partition coefficient (Wildman–Crippen LogP) is 3.39. The van der Waals surface area contributed by atoms with Crippen LogP contribution in [0.5, 0.6) is 5.75 Å². The van der Waals surface area contributed by atoms with E-state index in [-0.39, 0.29) is 18.4 Å². The number of nitrogens with two attached hydrogens (primary N) is 1. The second kappa shape index (κ2) is 7.31. The first kappa shape index (κ1) is 15.0. The molecule has 0 unspecified atom stereocenters. The van der Waals surface area contributed by atoms with Crippen molar-refractivity contribution in [1.29, 1.82) is 0 Å². The summed E-state index contributed by atoms with van der Waals surface area (Å²) < 4.78 is 5.20. The summed E-state index contributed by atoms with van der Waals surface area (Å²) in [6.07, 6.45) is 3.79. The number of halogens is 1. The minimum absolute atomic E-state index is 0. The fraction of sp³-hybridized carbons (Fsp3) is 0.385. The van der Waals surface area contributed by atoms with E-state index in [1.54, 1.807) is 7.11 Å². The van der Waals surface area contributed by atoms with E-state index >= 15 is 0 Å². The highest BCUT2D eigenvalue weighted by atomic mass is 35.5. The minimum Gasteiger partial charge on any atom is -0.496 e. The monoisotopic (exact) mass is 241 g/mol. The second-order valence-electron chi connectivity index (χ2n) is 3.70. The highest BCUT2D eigenvalue weighted by Gasteiger charge is 2.06. The molecule has 90 valence electrons. The van der Waals surface area contributed by atoms with Gasteiger partial charge in [0.2, 0.25) is 0 Å². The van der Waals surface area contributed by atoms with Crippen molar-refractivity contribution in [2.45, 2.75) is 25.8 Å². The first-order chi connectivity index (χ1) is 7.19. The maximum Gasteiger partial charge on any atom is 0.121 e. The molecule has 0 aliphatic rings. The highest BCUT2D eigenvalue weighted by molar-refractivity contribution is 5.85. The van der Waals surface area contributed by atoms with Crippen molar-refractivity contribution in [3.05, 3.63) is 42.0 Å². The van der Waals surface area contributed by atoms with E-state index in [9.17, 15) is 0 Å². The third-order valence-corrected chi connectivity index (χ3v) is 2.53. The van der Waals surface area contributed by atoms with E-state index in [0.29, 0.717) is 0 Å². The molecule has 3 heteroatoms. The summed E-state index contributed by atoms with van der Waals surface area (Å²) in [4.78, 5) is 0. The number of hydrogen-bond donors (Lipinski definition) is 1. The molecule has 0 aliphatic carbocycles. The third kappa shape index (κ3) is 3.87. The molecule has 1 atom stereocenters. The fourth-order valence-corrected chi connectivity index (χ4v) is 1.60. The Morgan fingerprint density at radius 3 is 2.69 bits per heavy atom. The van der Waals surface area contributed by atoms with E-state index in [1.165, 1.54) is 0 Å². The van der Waals surface area contributed by atoms with Crippen LogP contribution in [-0.4, -0.2) is 7.11 Å². The van der Waals surface area contributed by atoms with Crippen molar-refractivity contribution in [2.24, 2.45) is 5.73 Å². The molecule has 0 amide bonds. The van der Waals surface area contributed by atoms with Gasteiger partial charge in [0.25, 0.3) is 0 Å². The van der Waals surface area contributed by atoms with E-state index < -0.39 is 0 Å². The van der Waals surface area contributed by atoms with Crippen LogP contribution in [0.2, 0.25) is 0 Å². The summed E-state index contributed by atoms with van der Waals surface area (Å²) in [5, 5.41) is 0. The van der Waals surface area contributed by atoms with Crippen LogP contribution in [0.25, 0.3) is 0 Å². The molecule has 16 heavy (non-hydrogen) atoms. The molecule has 0 radical (unpaired) electrons. The topological polar surface area (TPSA) is 35.2 Å². The van der Waals surface area contributed by atoms with Crippen LogP contribution in [0.1, 0.15) is 30.0 Å². The lowest BCUT2D eigenvalue weighted by molar-refractivity contribution is 0.411. The fourth-order valence-electron chi connectivity index (χ4n) is 1.60. The zero-order chi connectivity index (χ0) is 11.3. The highest BCUT2D eigenvalue weighted by Crippen LogP contribution is 2.23. The number of ether oxygens (including phenoxy) is 1. The molecule has 0 aliphatic heterocycles. The van der Waals surface area contributed by atoms with Crippen molar-refractivity contribution in [3.63, 3.8) is 0 Å². The Hall–Kier alpha value is -0.990. The van der Waals surface area contributed by atoms with Crippen LogP contribution in [0.3, 0.4) is 0 Å². The number of methoxy groups -OCH3 is 1. The van der Waals surface area contributed by atoms with Gasteiger partial charge in [-0.05, 0) is 37.0 Å². The Morgan fingerprint density at radius 1 is 1.50 bits per heavy atom. The largest absolute Gasteiger partial charge is 0.496 e. The normalized spacial score (nSPS) is 11.4. The van der Waals surface area contributed by atoms with Gasteiger partial charge in [0.05, 0.1) is 7.11 Å². The number of rotatable bonds is 5. The molecule has 0 saturated heterocycles. The standard InChI is InChI=1S/C13H19NO.ClH/c1-4-5-6-12(14)11-7-8-13(15-3)10(2)9-11;/h4,7-9,12H,1,5-6,14H2,2-3H3;1H/t12-;/m0./s1. The van der Waals surface area contributed by atoms with E-state index in [0.717, 1.165) is 29.7 Å². The summed E-state index contributed by atoms with van der Waals surface area (Å²) in [5.74, 6) is 0.912. The SMILES string of the molecule is C=CCC[C@H](N)c1ccc(OC)c(C)c1.Cl. The Labute approximate surface area is 104 Å². The molecule has 1 rings (SSSR count). The average Bonchev–Trinajstić information content (AvgIpc) is 2.25. The van der Waals surface area contributed by atoms with Gasteiger partial charge in [-0.3, -0.25) is 0 Å². The molecule has 0 saturated carbocycles. The van der Waals surface area contributed by atoms with Gasteiger partial charge in [-0.1, -0.05) is 18.2 Å². The number of allylic oxidation sites excluding steroid dienone is 1. The van der Waals surface area contributed by atoms with Gasteiger partial charge in [-0.15, -0.1) is 19.0 Å². The quantitative estimate of drug-likeness (QED) is 0.802. The van der Waals surface area contributed by atoms with E-state index in [4.69, 9.17) is 10.5 Å². The van der Waals surface area contributed by atoms with Gasteiger partial charge < -0.3 is 10.5 Å². The molecule has 1 aromatic carbocycles. The molecule has 0 bridgehead atoms. The average molecular weight is 242 g/mol. The van der Waals surface area contributed by atoms with Crippen molar-refractivity contribution in [2.75, 3.05) is 7.11 Å². The zero-order valence-corrected chi connectivity index (χ0v) is 10.7. The van der Waals surface area contributed by atoms with Crippen LogP contribution in [0, 0.1) is 6.92 Å². The van der Waals surface area contributed by atoms with Crippen LogP contribution in [0.15, 0.2) is 30.9 Å². The lowest BCUT2D eigenvalue weighted by Crippen LogP contribution is -2.10. The maximum atomic E-state index is 6.05. The number of benzene rings is 1. The number of aryl methyl sites for hydroxylation is 1. The minimum atomic E-state index is 0. The van der Waals surface area contributed by atoms with Crippen LogP contribution in [0.4, 0.5) is 0 Å². The van der Waals surface area contributed by atoms with Crippen molar-refractivity contribution in [1.82, 2.24) is 0 Å². The summed E-state index contributed by atoms with van der Waals surface area (Å²) in [5.41, 5.74) is 8.34. The Morgan fingerprint density at radius 2 is 2.19 bits per heavy atom. The van der Waals surface area contributed by atoms with Crippen molar-refractivity contribution < 1.29 is 4.74 Å². The van der Waals surface area contributed by atoms with E-state index in [1.807, 2.05) is 25.1 Å². The number of hydrogen-bond acceptors (Lipinski definition) is 2. The molecule has 0 spiro atoms. The summed E-state index contributed by atoms with van der Waals surface area (Å²) in [7, 11) is 1.68. The maximum absolute atomic E-state index is 6.05.